The maximum absolute atomic E-state index is 6.38. The Kier molecular flexibility index (Phi) is 6.43. The van der Waals surface area contributed by atoms with Crippen molar-refractivity contribution in [1.29, 1.82) is 0 Å². The van der Waals surface area contributed by atoms with Crippen molar-refractivity contribution in [2.45, 2.75) is 78.4 Å². The first-order valence-corrected chi connectivity index (χ1v) is 13.0. The van der Waals surface area contributed by atoms with Crippen LogP contribution in [-0.4, -0.2) is 24.5 Å². The van der Waals surface area contributed by atoms with E-state index in [4.69, 9.17) is 4.43 Å². The molecule has 1 aromatic carbocycles. The molecule has 0 aliphatic carbocycles. The van der Waals surface area contributed by atoms with Gasteiger partial charge in [0.1, 0.15) is 0 Å². The van der Waals surface area contributed by atoms with Crippen LogP contribution >= 0.6 is 0 Å². The number of rotatable bonds is 6. The highest BCUT2D eigenvalue weighted by Gasteiger charge is 2.37. The van der Waals surface area contributed by atoms with Crippen molar-refractivity contribution < 1.29 is 4.43 Å². The zero-order valence-corrected chi connectivity index (χ0v) is 19.8. The number of hydrogen-bond donors (Lipinski definition) is 0. The van der Waals surface area contributed by atoms with Gasteiger partial charge in [0.05, 0.1) is 12.0 Å². The molecule has 0 amide bonds. The average Bonchev–Trinajstić information content (AvgIpc) is 3.03. The Hall–Kier alpha value is -1.39. The summed E-state index contributed by atoms with van der Waals surface area (Å²) in [6.07, 6.45) is 5.09. The molecule has 150 valence electrons. The molecule has 0 unspecified atom stereocenters. The maximum Gasteiger partial charge on any atom is 0.191 e. The molecule has 0 bridgehead atoms. The third-order valence-corrected chi connectivity index (χ3v) is 10.2. The van der Waals surface area contributed by atoms with E-state index in [2.05, 4.69) is 102 Å². The van der Waals surface area contributed by atoms with E-state index in [-0.39, 0.29) is 10.5 Å². The molecule has 0 aliphatic rings. The summed E-state index contributed by atoms with van der Waals surface area (Å²) in [7, 11) is -1.66. The van der Waals surface area contributed by atoms with Crippen molar-refractivity contribution in [3.05, 3.63) is 48.0 Å². The lowest BCUT2D eigenvalue weighted by atomic mass is 9.93. The molecule has 0 N–H and O–H groups in total. The molecule has 0 aliphatic heterocycles. The van der Waals surface area contributed by atoms with Gasteiger partial charge in [-0.2, -0.15) is 0 Å². The quantitative estimate of drug-likeness (QED) is 0.539. The molecule has 0 spiro atoms. The summed E-state index contributed by atoms with van der Waals surface area (Å²) in [6.45, 7) is 21.2. The third-order valence-electron chi connectivity index (χ3n) is 5.70. The van der Waals surface area contributed by atoms with Crippen molar-refractivity contribution in [1.82, 2.24) is 9.55 Å². The first-order valence-electron chi connectivity index (χ1n) is 10.1. The highest BCUT2D eigenvalue weighted by molar-refractivity contribution is 6.74. The maximum atomic E-state index is 6.38. The van der Waals surface area contributed by atoms with E-state index < -0.39 is 8.32 Å². The summed E-state index contributed by atoms with van der Waals surface area (Å²) in [5.41, 5.74) is 3.71. The second-order valence-corrected chi connectivity index (χ2v) is 15.3. The second-order valence-electron chi connectivity index (χ2n) is 10.5. The van der Waals surface area contributed by atoms with Crippen LogP contribution in [0.3, 0.4) is 0 Å². The Bertz CT molecular complexity index is 733. The molecule has 0 saturated heterocycles. The van der Waals surface area contributed by atoms with Crippen LogP contribution in [0.5, 0.6) is 0 Å². The summed E-state index contributed by atoms with van der Waals surface area (Å²) >= 11 is 0. The fraction of sp³-hybridized carbons (Fsp3) is 0.609. The van der Waals surface area contributed by atoms with Crippen molar-refractivity contribution in [3.8, 4) is 5.69 Å². The van der Waals surface area contributed by atoms with Gasteiger partial charge in [0.15, 0.2) is 8.32 Å². The number of nitrogens with zero attached hydrogens (tertiary/aromatic N) is 2. The van der Waals surface area contributed by atoms with E-state index in [1.54, 1.807) is 0 Å². The van der Waals surface area contributed by atoms with E-state index in [9.17, 15) is 0 Å². The zero-order valence-electron chi connectivity index (χ0n) is 18.8. The van der Waals surface area contributed by atoms with Crippen LogP contribution in [0.4, 0.5) is 0 Å². The van der Waals surface area contributed by atoms with Gasteiger partial charge in [-0.3, -0.25) is 0 Å². The van der Waals surface area contributed by atoms with Crippen molar-refractivity contribution in [2.75, 3.05) is 6.61 Å². The minimum absolute atomic E-state index is 0.0742. The van der Waals surface area contributed by atoms with Crippen LogP contribution in [0.2, 0.25) is 18.1 Å². The predicted octanol–water partition coefficient (Wildman–Crippen LogP) is 6.37. The van der Waals surface area contributed by atoms with Gasteiger partial charge in [0.2, 0.25) is 0 Å². The Balaban J connectivity index is 1.96. The topological polar surface area (TPSA) is 27.1 Å². The molecule has 27 heavy (non-hydrogen) atoms. The molecule has 4 heteroatoms. The predicted molar refractivity (Wildman–Crippen MR) is 118 cm³/mol. The summed E-state index contributed by atoms with van der Waals surface area (Å²) in [6, 6.07) is 8.83. The van der Waals surface area contributed by atoms with E-state index in [0.717, 1.165) is 24.4 Å². The van der Waals surface area contributed by atoms with Gasteiger partial charge in [-0.25, -0.2) is 4.98 Å². The number of benzene rings is 1. The molecule has 2 rings (SSSR count). The Morgan fingerprint density at radius 1 is 1.04 bits per heavy atom. The lowest BCUT2D eigenvalue weighted by Crippen LogP contribution is -2.41. The molecule has 0 radical (unpaired) electrons. The van der Waals surface area contributed by atoms with Crippen LogP contribution in [0.15, 0.2) is 36.8 Å². The monoisotopic (exact) mass is 386 g/mol. The van der Waals surface area contributed by atoms with Crippen LogP contribution in [-0.2, 0) is 16.3 Å². The van der Waals surface area contributed by atoms with Gasteiger partial charge in [0.25, 0.3) is 0 Å². The Labute approximate surface area is 167 Å². The average molecular weight is 387 g/mol. The van der Waals surface area contributed by atoms with Crippen LogP contribution in [0, 0.1) is 5.92 Å². The van der Waals surface area contributed by atoms with Gasteiger partial charge < -0.3 is 8.99 Å². The Morgan fingerprint density at radius 2 is 1.63 bits per heavy atom. The largest absolute Gasteiger partial charge is 0.417 e. The zero-order chi connectivity index (χ0) is 20.5. The van der Waals surface area contributed by atoms with E-state index in [1.165, 1.54) is 5.56 Å². The smallest absolute Gasteiger partial charge is 0.191 e. The van der Waals surface area contributed by atoms with Gasteiger partial charge in [-0.1, -0.05) is 60.6 Å². The first-order chi connectivity index (χ1) is 12.3. The molecule has 2 aromatic rings. The first kappa shape index (κ1) is 21.9. The lowest BCUT2D eigenvalue weighted by Gasteiger charge is -2.37. The minimum atomic E-state index is -1.66. The fourth-order valence-corrected chi connectivity index (χ4v) is 3.82. The molecule has 1 heterocycles. The number of imidazole rings is 1. The van der Waals surface area contributed by atoms with Crippen LogP contribution < -0.4 is 0 Å². The summed E-state index contributed by atoms with van der Waals surface area (Å²) in [4.78, 5) is 4.55. The SMILES string of the molecule is C[C@H](CO[Si](C)(C)C(C)(C)C)Cc1ccc(-n2cnc(C(C)(C)C)c2)cc1. The standard InChI is InChI=1S/C23H38N2OSi/c1-18(16-26-27(8,9)23(5,6)7)14-19-10-12-20(13-11-19)25-15-21(24-17-25)22(2,3)4/h10-13,15,17-18H,14,16H2,1-9H3/t18-/m0/s1. The summed E-state index contributed by atoms with van der Waals surface area (Å²) < 4.78 is 8.49. The third kappa shape index (κ3) is 5.79. The molecule has 1 aromatic heterocycles. The normalized spacial score (nSPS) is 14.4. The molecular formula is C23H38N2OSi. The van der Waals surface area contributed by atoms with E-state index in [1.807, 2.05) is 6.33 Å². The van der Waals surface area contributed by atoms with E-state index >= 15 is 0 Å². The van der Waals surface area contributed by atoms with Crippen molar-refractivity contribution >= 4 is 8.32 Å². The van der Waals surface area contributed by atoms with E-state index in [0.29, 0.717) is 5.92 Å². The van der Waals surface area contributed by atoms with Crippen LogP contribution in [0.1, 0.15) is 59.7 Å². The van der Waals surface area contributed by atoms with Gasteiger partial charge in [0, 0.05) is 23.9 Å². The number of aromatic nitrogens is 2. The molecule has 0 fully saturated rings. The highest BCUT2D eigenvalue weighted by atomic mass is 28.4. The summed E-state index contributed by atoms with van der Waals surface area (Å²) in [5, 5.41) is 0.269. The lowest BCUT2D eigenvalue weighted by molar-refractivity contribution is 0.237. The molecule has 1 atom stereocenters. The molecular weight excluding hydrogens is 348 g/mol. The van der Waals surface area contributed by atoms with Gasteiger partial charge >= 0.3 is 0 Å². The molecule has 0 saturated carbocycles. The fourth-order valence-electron chi connectivity index (χ4n) is 2.68. The highest BCUT2D eigenvalue weighted by Crippen LogP contribution is 2.36. The van der Waals surface area contributed by atoms with Crippen LogP contribution in [0.25, 0.3) is 5.69 Å². The molecule has 3 nitrogen and oxygen atoms in total. The number of hydrogen-bond acceptors (Lipinski definition) is 2. The summed E-state index contributed by atoms with van der Waals surface area (Å²) in [5.74, 6) is 0.519. The second kappa shape index (κ2) is 7.92. The minimum Gasteiger partial charge on any atom is -0.417 e. The van der Waals surface area contributed by atoms with Gasteiger partial charge in [-0.05, 0) is 48.2 Å². The van der Waals surface area contributed by atoms with Gasteiger partial charge in [-0.15, -0.1) is 0 Å². The van der Waals surface area contributed by atoms with Crippen molar-refractivity contribution in [3.63, 3.8) is 0 Å². The Morgan fingerprint density at radius 3 is 2.11 bits per heavy atom. The van der Waals surface area contributed by atoms with Crippen molar-refractivity contribution in [2.24, 2.45) is 5.92 Å².